The number of aromatic nitrogens is 1. The average Bonchev–Trinajstić information content (AvgIpc) is 3.61. The van der Waals surface area contributed by atoms with Gasteiger partial charge in [0.1, 0.15) is 10.9 Å². The van der Waals surface area contributed by atoms with E-state index in [1.54, 1.807) is 12.1 Å². The molecule has 3 aromatic carbocycles. The molecule has 3 aromatic heterocycles. The van der Waals surface area contributed by atoms with Crippen molar-refractivity contribution in [2.45, 2.75) is 4.90 Å². The molecule has 0 bridgehead atoms. The molecule has 0 N–H and O–H groups in total. The second-order valence-electron chi connectivity index (χ2n) is 7.74. The van der Waals surface area contributed by atoms with Gasteiger partial charge in [-0.25, -0.2) is 12.4 Å². The van der Waals surface area contributed by atoms with Gasteiger partial charge in [-0.2, -0.15) is 5.26 Å². The minimum Gasteiger partial charge on any atom is -0.232 e. The maximum Gasteiger partial charge on any atom is 0.269 e. The summed E-state index contributed by atoms with van der Waals surface area (Å²) >= 11 is 2.84. The van der Waals surface area contributed by atoms with Crippen LogP contribution in [0, 0.1) is 11.3 Å². The van der Waals surface area contributed by atoms with E-state index in [4.69, 9.17) is 0 Å². The third-order valence-electron chi connectivity index (χ3n) is 5.89. The Morgan fingerprint density at radius 2 is 1.53 bits per heavy atom. The van der Waals surface area contributed by atoms with Crippen molar-refractivity contribution >= 4 is 54.4 Å². The molecule has 0 amide bonds. The number of benzene rings is 3. The molecule has 0 fully saturated rings. The van der Waals surface area contributed by atoms with Gasteiger partial charge in [0, 0.05) is 21.9 Å². The summed E-state index contributed by atoms with van der Waals surface area (Å²) in [4.78, 5) is 1.63. The first-order valence-corrected chi connectivity index (χ1v) is 13.7. The van der Waals surface area contributed by atoms with Crippen molar-refractivity contribution in [2.24, 2.45) is 0 Å². The Morgan fingerprint density at radius 1 is 0.765 bits per heavy atom. The van der Waals surface area contributed by atoms with Crippen LogP contribution in [0.4, 0.5) is 0 Å². The number of para-hydroxylation sites is 1. The van der Waals surface area contributed by atoms with Crippen LogP contribution in [0.3, 0.4) is 0 Å². The van der Waals surface area contributed by atoms with E-state index in [2.05, 4.69) is 6.07 Å². The van der Waals surface area contributed by atoms with Gasteiger partial charge in [-0.15, -0.1) is 22.7 Å². The highest BCUT2D eigenvalue weighted by Gasteiger charge is 2.30. The number of hydrogen-bond donors (Lipinski definition) is 0. The van der Waals surface area contributed by atoms with E-state index in [0.717, 1.165) is 26.8 Å². The summed E-state index contributed by atoms with van der Waals surface area (Å²) in [5, 5.41) is 15.9. The SMILES string of the molecule is N#Cc1sccc1-c1c(-c2cccs2)n(S(=O)(=O)c2cccc3ccccc23)c2ccccc12. The van der Waals surface area contributed by atoms with Gasteiger partial charge in [-0.3, -0.25) is 0 Å². The summed E-state index contributed by atoms with van der Waals surface area (Å²) < 4.78 is 30.3. The van der Waals surface area contributed by atoms with Crippen molar-refractivity contribution < 1.29 is 8.42 Å². The van der Waals surface area contributed by atoms with E-state index in [1.807, 2.05) is 83.6 Å². The lowest BCUT2D eigenvalue weighted by Gasteiger charge is -2.14. The molecule has 0 aliphatic rings. The van der Waals surface area contributed by atoms with Crippen molar-refractivity contribution in [3.63, 3.8) is 0 Å². The van der Waals surface area contributed by atoms with Gasteiger partial charge in [0.15, 0.2) is 0 Å². The Balaban J connectivity index is 1.80. The quantitative estimate of drug-likeness (QED) is 0.256. The molecular weight excluding hydrogens is 481 g/mol. The van der Waals surface area contributed by atoms with E-state index in [1.165, 1.54) is 26.6 Å². The number of nitriles is 1. The zero-order valence-electron chi connectivity index (χ0n) is 17.7. The summed E-state index contributed by atoms with van der Waals surface area (Å²) in [5.41, 5.74) is 2.68. The minimum absolute atomic E-state index is 0.251. The average molecular weight is 497 g/mol. The Morgan fingerprint density at radius 3 is 2.32 bits per heavy atom. The number of rotatable bonds is 4. The predicted molar refractivity (Wildman–Crippen MR) is 140 cm³/mol. The van der Waals surface area contributed by atoms with E-state index >= 15 is 0 Å². The molecule has 0 radical (unpaired) electrons. The highest BCUT2D eigenvalue weighted by atomic mass is 32.2. The molecule has 0 aliphatic carbocycles. The van der Waals surface area contributed by atoms with Gasteiger partial charge in [0.05, 0.1) is 21.0 Å². The second-order valence-corrected chi connectivity index (χ2v) is 11.4. The summed E-state index contributed by atoms with van der Waals surface area (Å²) in [6.07, 6.45) is 0. The predicted octanol–water partition coefficient (Wildman–Crippen LogP) is 7.36. The lowest BCUT2D eigenvalue weighted by atomic mass is 10.0. The molecule has 0 saturated heterocycles. The molecule has 0 saturated carbocycles. The smallest absolute Gasteiger partial charge is 0.232 e. The molecule has 0 spiro atoms. The molecule has 6 aromatic rings. The first kappa shape index (κ1) is 20.9. The molecule has 164 valence electrons. The van der Waals surface area contributed by atoms with Crippen LogP contribution in [0.2, 0.25) is 0 Å². The van der Waals surface area contributed by atoms with Gasteiger partial charge in [-0.1, -0.05) is 60.7 Å². The van der Waals surface area contributed by atoms with Crippen LogP contribution in [-0.2, 0) is 10.0 Å². The zero-order valence-corrected chi connectivity index (χ0v) is 20.1. The van der Waals surface area contributed by atoms with Crippen molar-refractivity contribution in [3.05, 3.63) is 101 Å². The first-order chi connectivity index (χ1) is 16.6. The van der Waals surface area contributed by atoms with E-state index in [9.17, 15) is 13.7 Å². The maximum absolute atomic E-state index is 14.4. The maximum atomic E-state index is 14.4. The van der Waals surface area contributed by atoms with Crippen LogP contribution in [0.1, 0.15) is 4.88 Å². The fraction of sp³-hybridized carbons (Fsp3) is 0. The molecule has 34 heavy (non-hydrogen) atoms. The first-order valence-electron chi connectivity index (χ1n) is 10.5. The van der Waals surface area contributed by atoms with Crippen molar-refractivity contribution in [2.75, 3.05) is 0 Å². The number of nitrogens with zero attached hydrogens (tertiary/aromatic N) is 2. The summed E-state index contributed by atoms with van der Waals surface area (Å²) in [7, 11) is -3.99. The lowest BCUT2D eigenvalue weighted by molar-refractivity contribution is 0.590. The van der Waals surface area contributed by atoms with Crippen LogP contribution < -0.4 is 0 Å². The molecular formula is C27H16N2O2S3. The largest absolute Gasteiger partial charge is 0.269 e. The lowest BCUT2D eigenvalue weighted by Crippen LogP contribution is -2.14. The standard InChI is InChI=1S/C27H16N2O2S3/c28-17-24-21(14-16-33-24)26-20-10-3-4-11-22(20)29(27(26)23-12-6-15-32-23)34(30,31)25-13-5-8-18-7-1-2-9-19(18)25/h1-16H. The number of thiophene rings is 2. The molecule has 4 nitrogen and oxygen atoms in total. The summed E-state index contributed by atoms with van der Waals surface area (Å²) in [5.74, 6) is 0. The van der Waals surface area contributed by atoms with Crippen molar-refractivity contribution in [1.82, 2.24) is 3.97 Å². The van der Waals surface area contributed by atoms with E-state index in [0.29, 0.717) is 21.5 Å². The van der Waals surface area contributed by atoms with Crippen LogP contribution in [0.5, 0.6) is 0 Å². The van der Waals surface area contributed by atoms with Gasteiger partial charge in [0.2, 0.25) is 0 Å². The van der Waals surface area contributed by atoms with Crippen LogP contribution in [-0.4, -0.2) is 12.4 Å². The molecule has 7 heteroatoms. The fourth-order valence-corrected chi connectivity index (χ4v) is 7.76. The Kier molecular flexibility index (Phi) is 4.89. The number of hydrogen-bond acceptors (Lipinski definition) is 5. The minimum atomic E-state index is -3.99. The topological polar surface area (TPSA) is 62.9 Å². The molecule has 0 atom stereocenters. The Labute approximate surface area is 204 Å². The van der Waals surface area contributed by atoms with E-state index in [-0.39, 0.29) is 4.90 Å². The van der Waals surface area contributed by atoms with Crippen LogP contribution in [0.25, 0.3) is 43.4 Å². The zero-order chi connectivity index (χ0) is 23.3. The van der Waals surface area contributed by atoms with Gasteiger partial charge in [0.25, 0.3) is 10.0 Å². The highest BCUT2D eigenvalue weighted by molar-refractivity contribution is 7.90. The molecule has 3 heterocycles. The summed E-state index contributed by atoms with van der Waals surface area (Å²) in [6, 6.07) is 28.4. The summed E-state index contributed by atoms with van der Waals surface area (Å²) in [6.45, 7) is 0. The monoisotopic (exact) mass is 496 g/mol. The van der Waals surface area contributed by atoms with Gasteiger partial charge in [-0.05, 0) is 40.4 Å². The molecule has 0 unspecified atom stereocenters. The fourth-order valence-electron chi connectivity index (χ4n) is 4.48. The van der Waals surface area contributed by atoms with Gasteiger partial charge < -0.3 is 0 Å². The molecule has 0 aliphatic heterocycles. The highest BCUT2D eigenvalue weighted by Crippen LogP contribution is 2.46. The second kappa shape index (κ2) is 7.96. The molecule has 6 rings (SSSR count). The van der Waals surface area contributed by atoms with E-state index < -0.39 is 10.0 Å². The van der Waals surface area contributed by atoms with Crippen molar-refractivity contribution in [3.8, 4) is 27.8 Å². The van der Waals surface area contributed by atoms with Crippen LogP contribution >= 0.6 is 22.7 Å². The van der Waals surface area contributed by atoms with Gasteiger partial charge >= 0.3 is 0 Å². The third kappa shape index (κ3) is 3.04. The number of fused-ring (bicyclic) bond motifs is 2. The van der Waals surface area contributed by atoms with Crippen LogP contribution in [0.15, 0.2) is 101 Å². The van der Waals surface area contributed by atoms with Crippen molar-refractivity contribution in [1.29, 1.82) is 5.26 Å². The Hall–Kier alpha value is -3.70. The Bertz CT molecular complexity index is 1830. The third-order valence-corrected chi connectivity index (χ3v) is 9.36. The normalized spacial score (nSPS) is 11.7.